The van der Waals surface area contributed by atoms with Crippen molar-refractivity contribution in [1.82, 2.24) is 0 Å². The SMILES string of the molecule is O=C(CCc1ccsc1)Oc1ccc([N+](=O)[O-])c(Cl)c1. The molecule has 0 spiro atoms. The van der Waals surface area contributed by atoms with Crippen molar-refractivity contribution in [2.75, 3.05) is 0 Å². The van der Waals surface area contributed by atoms with E-state index < -0.39 is 10.9 Å². The Bertz CT molecular complexity index is 627. The van der Waals surface area contributed by atoms with Gasteiger partial charge in [0.25, 0.3) is 5.69 Å². The number of carbonyl (C=O) groups is 1. The van der Waals surface area contributed by atoms with Crippen LogP contribution in [0, 0.1) is 10.1 Å². The van der Waals surface area contributed by atoms with E-state index in [4.69, 9.17) is 16.3 Å². The van der Waals surface area contributed by atoms with Crippen LogP contribution >= 0.6 is 22.9 Å². The van der Waals surface area contributed by atoms with Gasteiger partial charge in [-0.3, -0.25) is 14.9 Å². The van der Waals surface area contributed by atoms with Gasteiger partial charge in [0.2, 0.25) is 0 Å². The molecule has 2 aromatic rings. The van der Waals surface area contributed by atoms with E-state index in [-0.39, 0.29) is 22.9 Å². The second-order valence-corrected chi connectivity index (χ2v) is 5.16. The first kappa shape index (κ1) is 14.5. The molecule has 0 aliphatic rings. The van der Waals surface area contributed by atoms with Crippen LogP contribution in [0.15, 0.2) is 35.0 Å². The normalized spacial score (nSPS) is 10.2. The lowest BCUT2D eigenvalue weighted by Crippen LogP contribution is -2.08. The number of hydrogen-bond donors (Lipinski definition) is 0. The van der Waals surface area contributed by atoms with Gasteiger partial charge in [-0.15, -0.1) is 0 Å². The first-order valence-electron chi connectivity index (χ1n) is 5.72. The number of halogens is 1. The summed E-state index contributed by atoms with van der Waals surface area (Å²) >= 11 is 7.30. The maximum atomic E-state index is 11.6. The number of rotatable bonds is 5. The van der Waals surface area contributed by atoms with Crippen LogP contribution in [0.25, 0.3) is 0 Å². The van der Waals surface area contributed by atoms with Gasteiger partial charge in [0.15, 0.2) is 0 Å². The zero-order valence-electron chi connectivity index (χ0n) is 10.2. The zero-order valence-corrected chi connectivity index (χ0v) is 11.8. The molecule has 1 aromatic carbocycles. The van der Waals surface area contributed by atoms with E-state index in [1.165, 1.54) is 18.2 Å². The first-order valence-corrected chi connectivity index (χ1v) is 7.04. The molecular weight excluding hydrogens is 302 g/mol. The molecule has 0 amide bonds. The summed E-state index contributed by atoms with van der Waals surface area (Å²) < 4.78 is 5.09. The predicted octanol–water partition coefficient (Wildman–Crippen LogP) is 3.85. The molecule has 2 rings (SSSR count). The largest absolute Gasteiger partial charge is 0.426 e. The van der Waals surface area contributed by atoms with E-state index in [2.05, 4.69) is 0 Å². The van der Waals surface area contributed by atoms with Crippen LogP contribution in [-0.4, -0.2) is 10.9 Å². The summed E-state index contributed by atoms with van der Waals surface area (Å²) in [6.07, 6.45) is 0.842. The molecular formula is C13H10ClNO4S. The summed E-state index contributed by atoms with van der Waals surface area (Å²) in [7, 11) is 0. The third-order valence-electron chi connectivity index (χ3n) is 2.55. The van der Waals surface area contributed by atoms with Gasteiger partial charge >= 0.3 is 5.97 Å². The lowest BCUT2D eigenvalue weighted by Gasteiger charge is -2.04. The minimum atomic E-state index is -0.593. The van der Waals surface area contributed by atoms with Crippen molar-refractivity contribution in [3.05, 3.63) is 55.7 Å². The Morgan fingerprint density at radius 1 is 1.40 bits per heavy atom. The summed E-state index contributed by atoms with van der Waals surface area (Å²) in [5.74, 6) is -0.197. The second-order valence-electron chi connectivity index (χ2n) is 3.98. The summed E-state index contributed by atoms with van der Waals surface area (Å²) in [5.41, 5.74) is 0.860. The number of carbonyl (C=O) groups excluding carboxylic acids is 1. The summed E-state index contributed by atoms with van der Waals surface area (Å²) in [6, 6.07) is 5.78. The Hall–Kier alpha value is -1.92. The molecule has 0 bridgehead atoms. The van der Waals surface area contributed by atoms with Crippen LogP contribution in [0.2, 0.25) is 5.02 Å². The molecule has 1 aromatic heterocycles. The van der Waals surface area contributed by atoms with Gasteiger partial charge in [-0.1, -0.05) is 11.6 Å². The Balaban J connectivity index is 1.94. The van der Waals surface area contributed by atoms with E-state index in [0.29, 0.717) is 6.42 Å². The van der Waals surface area contributed by atoms with E-state index in [1.54, 1.807) is 11.3 Å². The number of nitro benzene ring substituents is 1. The number of aryl methyl sites for hydroxylation is 1. The standard InChI is InChI=1S/C13H10ClNO4S/c14-11-7-10(2-3-12(11)15(17)18)19-13(16)4-1-9-5-6-20-8-9/h2-3,5-8H,1,4H2. The van der Waals surface area contributed by atoms with Crippen LogP contribution < -0.4 is 4.74 Å². The van der Waals surface area contributed by atoms with E-state index in [1.807, 2.05) is 16.8 Å². The van der Waals surface area contributed by atoms with Crippen LogP contribution in [0.1, 0.15) is 12.0 Å². The maximum Gasteiger partial charge on any atom is 0.311 e. The quantitative estimate of drug-likeness (QED) is 0.364. The van der Waals surface area contributed by atoms with Gasteiger partial charge in [-0.2, -0.15) is 11.3 Å². The van der Waals surface area contributed by atoms with Crippen LogP contribution in [0.5, 0.6) is 5.75 Å². The minimum absolute atomic E-state index is 0.0573. The molecule has 0 saturated heterocycles. The highest BCUT2D eigenvalue weighted by atomic mass is 35.5. The second kappa shape index (κ2) is 6.49. The number of esters is 1. The van der Waals surface area contributed by atoms with Crippen molar-refractivity contribution in [3.8, 4) is 5.75 Å². The Morgan fingerprint density at radius 2 is 2.20 bits per heavy atom. The molecule has 0 unspecified atom stereocenters. The third kappa shape index (κ3) is 3.79. The van der Waals surface area contributed by atoms with Gasteiger partial charge < -0.3 is 4.74 Å². The van der Waals surface area contributed by atoms with Crippen LogP contribution in [-0.2, 0) is 11.2 Å². The molecule has 0 N–H and O–H groups in total. The highest BCUT2D eigenvalue weighted by molar-refractivity contribution is 7.07. The van der Waals surface area contributed by atoms with Crippen molar-refractivity contribution in [2.24, 2.45) is 0 Å². The van der Waals surface area contributed by atoms with Gasteiger partial charge in [-0.05, 0) is 34.9 Å². The maximum absolute atomic E-state index is 11.6. The first-order chi connectivity index (χ1) is 9.56. The smallest absolute Gasteiger partial charge is 0.311 e. The fraction of sp³-hybridized carbons (Fsp3) is 0.154. The fourth-order valence-electron chi connectivity index (χ4n) is 1.56. The number of nitro groups is 1. The average molecular weight is 312 g/mol. The average Bonchev–Trinajstić information content (AvgIpc) is 2.89. The van der Waals surface area contributed by atoms with Crippen molar-refractivity contribution >= 4 is 34.6 Å². The number of ether oxygens (including phenoxy) is 1. The molecule has 0 fully saturated rings. The van der Waals surface area contributed by atoms with Crippen LogP contribution in [0.4, 0.5) is 5.69 Å². The lowest BCUT2D eigenvalue weighted by molar-refractivity contribution is -0.384. The van der Waals surface area contributed by atoms with Crippen molar-refractivity contribution < 1.29 is 14.5 Å². The zero-order chi connectivity index (χ0) is 14.5. The molecule has 0 aliphatic carbocycles. The summed E-state index contributed by atoms with van der Waals surface area (Å²) in [5, 5.41) is 14.5. The fourth-order valence-corrected chi connectivity index (χ4v) is 2.51. The van der Waals surface area contributed by atoms with Crippen molar-refractivity contribution in [2.45, 2.75) is 12.8 Å². The highest BCUT2D eigenvalue weighted by Crippen LogP contribution is 2.28. The van der Waals surface area contributed by atoms with Crippen LogP contribution in [0.3, 0.4) is 0 Å². The van der Waals surface area contributed by atoms with E-state index in [0.717, 1.165) is 5.56 Å². The van der Waals surface area contributed by atoms with Crippen molar-refractivity contribution in [3.63, 3.8) is 0 Å². The molecule has 0 saturated carbocycles. The number of hydrogen-bond acceptors (Lipinski definition) is 5. The van der Waals surface area contributed by atoms with E-state index in [9.17, 15) is 14.9 Å². The van der Waals surface area contributed by atoms with Gasteiger partial charge in [-0.25, -0.2) is 0 Å². The molecule has 104 valence electrons. The molecule has 7 heteroatoms. The molecule has 0 atom stereocenters. The Kier molecular flexibility index (Phi) is 4.70. The van der Waals surface area contributed by atoms with Crippen molar-refractivity contribution in [1.29, 1.82) is 0 Å². The number of thiophene rings is 1. The third-order valence-corrected chi connectivity index (χ3v) is 3.58. The monoisotopic (exact) mass is 311 g/mol. The van der Waals surface area contributed by atoms with Gasteiger partial charge in [0, 0.05) is 12.1 Å². The van der Waals surface area contributed by atoms with E-state index >= 15 is 0 Å². The topological polar surface area (TPSA) is 69.4 Å². The van der Waals surface area contributed by atoms with Gasteiger partial charge in [0.1, 0.15) is 10.8 Å². The predicted molar refractivity (Wildman–Crippen MR) is 76.4 cm³/mol. The Morgan fingerprint density at radius 3 is 2.80 bits per heavy atom. The minimum Gasteiger partial charge on any atom is -0.426 e. The number of nitrogens with zero attached hydrogens (tertiary/aromatic N) is 1. The molecule has 0 aliphatic heterocycles. The molecule has 5 nitrogen and oxygen atoms in total. The summed E-state index contributed by atoms with van der Waals surface area (Å²) in [4.78, 5) is 21.7. The summed E-state index contributed by atoms with van der Waals surface area (Å²) in [6.45, 7) is 0. The van der Waals surface area contributed by atoms with Gasteiger partial charge in [0.05, 0.1) is 11.3 Å². The Labute approximate surface area is 123 Å². The lowest BCUT2D eigenvalue weighted by atomic mass is 10.2. The molecule has 20 heavy (non-hydrogen) atoms. The highest BCUT2D eigenvalue weighted by Gasteiger charge is 2.14. The molecule has 1 heterocycles. The number of benzene rings is 1. The molecule has 0 radical (unpaired) electrons.